The summed E-state index contributed by atoms with van der Waals surface area (Å²) >= 11 is 0. The number of benzene rings is 2. The maximum Gasteiger partial charge on any atom is 0.238 e. The smallest absolute Gasteiger partial charge is 0.238 e. The highest BCUT2D eigenvalue weighted by Crippen LogP contribution is 2.14. The van der Waals surface area contributed by atoms with Crippen molar-refractivity contribution < 1.29 is 13.2 Å². The zero-order valence-corrected chi connectivity index (χ0v) is 12.4. The van der Waals surface area contributed by atoms with Crippen LogP contribution in [0.25, 0.3) is 0 Å². The minimum atomic E-state index is -3.78. The fraction of sp³-hybridized carbons (Fsp3) is 0.133. The molecule has 110 valence electrons. The van der Waals surface area contributed by atoms with E-state index in [-0.39, 0.29) is 17.2 Å². The van der Waals surface area contributed by atoms with E-state index in [0.29, 0.717) is 5.69 Å². The van der Waals surface area contributed by atoms with Gasteiger partial charge in [-0.3, -0.25) is 4.79 Å². The number of nitrogens with two attached hydrogens (primary N) is 1. The molecule has 0 bridgehead atoms. The summed E-state index contributed by atoms with van der Waals surface area (Å²) in [4.78, 5) is 11.9. The Morgan fingerprint density at radius 1 is 1.14 bits per heavy atom. The Bertz CT molecular complexity index is 753. The third-order valence-corrected chi connectivity index (χ3v) is 3.84. The van der Waals surface area contributed by atoms with E-state index in [1.165, 1.54) is 18.2 Å². The fourth-order valence-electron chi connectivity index (χ4n) is 1.85. The molecule has 2 rings (SSSR count). The number of carbonyl (C=O) groups is 1. The normalized spacial score (nSPS) is 11.1. The Morgan fingerprint density at radius 2 is 1.81 bits per heavy atom. The summed E-state index contributed by atoms with van der Waals surface area (Å²) in [6.07, 6.45) is 0.222. The van der Waals surface area contributed by atoms with Gasteiger partial charge in [0, 0.05) is 5.69 Å². The number of primary sulfonamides is 1. The molecule has 0 heterocycles. The number of hydrogen-bond donors (Lipinski definition) is 2. The maximum atomic E-state index is 11.9. The number of nitrogens with one attached hydrogen (secondary N) is 1. The molecule has 0 aliphatic carbocycles. The fourth-order valence-corrected chi connectivity index (χ4v) is 2.41. The first-order valence-corrected chi connectivity index (χ1v) is 7.87. The van der Waals surface area contributed by atoms with Crippen molar-refractivity contribution in [3.63, 3.8) is 0 Å². The number of sulfonamides is 1. The summed E-state index contributed by atoms with van der Waals surface area (Å²) < 4.78 is 22.5. The first-order chi connectivity index (χ1) is 9.84. The molecule has 2 aromatic rings. The van der Waals surface area contributed by atoms with Crippen LogP contribution in [-0.4, -0.2) is 14.3 Å². The molecule has 6 heteroatoms. The lowest BCUT2D eigenvalue weighted by atomic mass is 10.1. The molecule has 0 aliphatic heterocycles. The van der Waals surface area contributed by atoms with E-state index < -0.39 is 10.0 Å². The molecule has 0 aromatic heterocycles. The average molecular weight is 304 g/mol. The predicted octanol–water partition coefficient (Wildman–Crippen LogP) is 1.82. The van der Waals surface area contributed by atoms with Crippen molar-refractivity contribution >= 4 is 21.6 Å². The zero-order chi connectivity index (χ0) is 15.5. The van der Waals surface area contributed by atoms with E-state index in [9.17, 15) is 13.2 Å². The van der Waals surface area contributed by atoms with Crippen LogP contribution in [0.3, 0.4) is 0 Å². The topological polar surface area (TPSA) is 89.3 Å². The van der Waals surface area contributed by atoms with Crippen molar-refractivity contribution in [1.29, 1.82) is 0 Å². The lowest BCUT2D eigenvalue weighted by Gasteiger charge is -2.07. The molecule has 1 amide bonds. The summed E-state index contributed by atoms with van der Waals surface area (Å²) in [6, 6.07) is 13.5. The highest BCUT2D eigenvalue weighted by molar-refractivity contribution is 7.89. The molecule has 0 spiro atoms. The van der Waals surface area contributed by atoms with Gasteiger partial charge in [0.15, 0.2) is 0 Å². The number of carbonyl (C=O) groups excluding carboxylic acids is 1. The van der Waals surface area contributed by atoms with E-state index in [0.717, 1.165) is 11.1 Å². The number of rotatable bonds is 4. The maximum absolute atomic E-state index is 11.9. The minimum Gasteiger partial charge on any atom is -0.326 e. The molecule has 0 unspecified atom stereocenters. The van der Waals surface area contributed by atoms with Crippen molar-refractivity contribution in [3.05, 3.63) is 59.7 Å². The van der Waals surface area contributed by atoms with Crippen LogP contribution >= 0.6 is 0 Å². The largest absolute Gasteiger partial charge is 0.326 e. The summed E-state index contributed by atoms with van der Waals surface area (Å²) in [7, 11) is -3.78. The monoisotopic (exact) mass is 304 g/mol. The highest BCUT2D eigenvalue weighted by atomic mass is 32.2. The molecular weight excluding hydrogens is 288 g/mol. The summed E-state index contributed by atoms with van der Waals surface area (Å²) in [6.45, 7) is 1.97. The van der Waals surface area contributed by atoms with Gasteiger partial charge in [-0.05, 0) is 30.7 Å². The van der Waals surface area contributed by atoms with Crippen molar-refractivity contribution in [2.24, 2.45) is 5.14 Å². The molecule has 0 atom stereocenters. The van der Waals surface area contributed by atoms with Crippen LogP contribution in [0.15, 0.2) is 53.4 Å². The Labute approximate surface area is 123 Å². The average Bonchev–Trinajstić information content (AvgIpc) is 2.41. The summed E-state index contributed by atoms with van der Waals surface area (Å²) in [5, 5.41) is 7.71. The number of amides is 1. The Morgan fingerprint density at radius 3 is 2.43 bits per heavy atom. The zero-order valence-electron chi connectivity index (χ0n) is 11.5. The first-order valence-electron chi connectivity index (χ1n) is 6.33. The van der Waals surface area contributed by atoms with Crippen LogP contribution in [0.4, 0.5) is 5.69 Å². The molecule has 0 radical (unpaired) electrons. The van der Waals surface area contributed by atoms with Gasteiger partial charge in [0.05, 0.1) is 11.3 Å². The van der Waals surface area contributed by atoms with E-state index >= 15 is 0 Å². The van der Waals surface area contributed by atoms with Gasteiger partial charge in [0.25, 0.3) is 0 Å². The van der Waals surface area contributed by atoms with E-state index in [4.69, 9.17) is 5.14 Å². The van der Waals surface area contributed by atoms with Gasteiger partial charge < -0.3 is 5.32 Å². The standard InChI is InChI=1S/C15H16N2O3S/c1-11-5-7-12(8-6-11)9-15(18)17-13-3-2-4-14(10-13)21(16,19)20/h2-8,10H,9H2,1H3,(H,17,18)(H2,16,19,20). The van der Waals surface area contributed by atoms with Crippen LogP contribution in [0.5, 0.6) is 0 Å². The van der Waals surface area contributed by atoms with Gasteiger partial charge in [0.2, 0.25) is 15.9 Å². The third kappa shape index (κ3) is 4.40. The van der Waals surface area contributed by atoms with Gasteiger partial charge in [-0.15, -0.1) is 0 Å². The van der Waals surface area contributed by atoms with Gasteiger partial charge in [-0.2, -0.15) is 0 Å². The summed E-state index contributed by atoms with van der Waals surface area (Å²) in [5.41, 5.74) is 2.42. The summed E-state index contributed by atoms with van der Waals surface area (Å²) in [5.74, 6) is -0.217. The molecule has 2 aromatic carbocycles. The van der Waals surface area contributed by atoms with E-state index in [1.54, 1.807) is 6.07 Å². The van der Waals surface area contributed by atoms with Gasteiger partial charge in [-0.25, -0.2) is 13.6 Å². The van der Waals surface area contributed by atoms with Crippen molar-refractivity contribution in [1.82, 2.24) is 0 Å². The van der Waals surface area contributed by atoms with Crippen LogP contribution in [-0.2, 0) is 21.2 Å². The second-order valence-corrected chi connectivity index (χ2v) is 6.34. The molecule has 5 nitrogen and oxygen atoms in total. The molecule has 0 saturated carbocycles. The molecular formula is C15H16N2O3S. The lowest BCUT2D eigenvalue weighted by Crippen LogP contribution is -2.16. The van der Waals surface area contributed by atoms with Gasteiger partial charge in [-0.1, -0.05) is 35.9 Å². The Balaban J connectivity index is 2.08. The molecule has 21 heavy (non-hydrogen) atoms. The quantitative estimate of drug-likeness (QED) is 0.903. The Kier molecular flexibility index (Phi) is 4.40. The highest BCUT2D eigenvalue weighted by Gasteiger charge is 2.09. The van der Waals surface area contributed by atoms with Crippen LogP contribution in [0.1, 0.15) is 11.1 Å². The number of anilines is 1. The van der Waals surface area contributed by atoms with Crippen molar-refractivity contribution in [3.8, 4) is 0 Å². The predicted molar refractivity (Wildman–Crippen MR) is 81.3 cm³/mol. The second kappa shape index (κ2) is 6.07. The first kappa shape index (κ1) is 15.2. The Hall–Kier alpha value is -2.18. The molecule has 0 fully saturated rings. The number of aryl methyl sites for hydroxylation is 1. The van der Waals surface area contributed by atoms with E-state index in [2.05, 4.69) is 5.32 Å². The molecule has 0 saturated heterocycles. The number of hydrogen-bond acceptors (Lipinski definition) is 3. The van der Waals surface area contributed by atoms with E-state index in [1.807, 2.05) is 31.2 Å². The second-order valence-electron chi connectivity index (χ2n) is 4.78. The third-order valence-electron chi connectivity index (χ3n) is 2.93. The molecule has 3 N–H and O–H groups in total. The van der Waals surface area contributed by atoms with Crippen molar-refractivity contribution in [2.75, 3.05) is 5.32 Å². The van der Waals surface area contributed by atoms with Gasteiger partial charge >= 0.3 is 0 Å². The van der Waals surface area contributed by atoms with Crippen molar-refractivity contribution in [2.45, 2.75) is 18.2 Å². The van der Waals surface area contributed by atoms with Crippen LogP contribution in [0, 0.1) is 6.92 Å². The molecule has 0 aliphatic rings. The SMILES string of the molecule is Cc1ccc(CC(=O)Nc2cccc(S(N)(=O)=O)c2)cc1. The van der Waals surface area contributed by atoms with Crippen LogP contribution < -0.4 is 10.5 Å². The minimum absolute atomic E-state index is 0.0318. The van der Waals surface area contributed by atoms with Gasteiger partial charge in [0.1, 0.15) is 0 Å². The van der Waals surface area contributed by atoms with Crippen LogP contribution in [0.2, 0.25) is 0 Å². The lowest BCUT2D eigenvalue weighted by molar-refractivity contribution is -0.115.